The number of halogens is 1. The van der Waals surface area contributed by atoms with Gasteiger partial charge in [0.2, 0.25) is 0 Å². The van der Waals surface area contributed by atoms with E-state index in [2.05, 4.69) is 59.5 Å². The minimum atomic E-state index is 0.624. The molecular weight excluding hydrogens is 318 g/mol. The molecule has 1 aromatic rings. The van der Waals surface area contributed by atoms with E-state index in [-0.39, 0.29) is 0 Å². The van der Waals surface area contributed by atoms with Gasteiger partial charge in [-0.05, 0) is 41.5 Å². The lowest BCUT2D eigenvalue weighted by Gasteiger charge is -2.16. The molecule has 1 rings (SSSR count). The Kier molecular flexibility index (Phi) is 9.66. The van der Waals surface area contributed by atoms with Crippen LogP contribution in [-0.4, -0.2) is 18.8 Å². The topological polar surface area (TPSA) is 12.0 Å². The van der Waals surface area contributed by atoms with Gasteiger partial charge in [0.1, 0.15) is 0 Å². The van der Waals surface area contributed by atoms with E-state index in [1.807, 2.05) is 11.8 Å². The predicted octanol–water partition coefficient (Wildman–Crippen LogP) is 5.49. The van der Waals surface area contributed by atoms with Crippen molar-refractivity contribution in [2.45, 2.75) is 56.4 Å². The van der Waals surface area contributed by atoms with Gasteiger partial charge < -0.3 is 5.32 Å². The van der Waals surface area contributed by atoms with Crippen molar-refractivity contribution < 1.29 is 0 Å². The molecule has 0 aliphatic rings. The molecule has 19 heavy (non-hydrogen) atoms. The fourth-order valence-electron chi connectivity index (χ4n) is 2.06. The Bertz CT molecular complexity index is 343. The Morgan fingerprint density at radius 3 is 2.58 bits per heavy atom. The summed E-state index contributed by atoms with van der Waals surface area (Å²) in [5, 5.41) is 3.45. The molecule has 0 spiro atoms. The van der Waals surface area contributed by atoms with Crippen LogP contribution in [-0.2, 0) is 0 Å². The Morgan fingerprint density at radius 1 is 1.16 bits per heavy atom. The number of hydrogen-bond donors (Lipinski definition) is 1. The van der Waals surface area contributed by atoms with Crippen LogP contribution in [0.1, 0.15) is 45.4 Å². The average Bonchev–Trinajstić information content (AvgIpc) is 2.43. The van der Waals surface area contributed by atoms with Crippen molar-refractivity contribution in [2.24, 2.45) is 0 Å². The first-order valence-electron chi connectivity index (χ1n) is 7.32. The van der Waals surface area contributed by atoms with Gasteiger partial charge in [-0.15, -0.1) is 11.8 Å². The fourth-order valence-corrected chi connectivity index (χ4v) is 3.78. The number of unbranched alkanes of at least 4 members (excludes halogenated alkanes) is 4. The van der Waals surface area contributed by atoms with Crippen molar-refractivity contribution >= 4 is 27.7 Å². The fraction of sp³-hybridized carbons (Fsp3) is 0.625. The lowest BCUT2D eigenvalue weighted by atomic mass is 10.1. The molecule has 1 N–H and O–H groups in total. The highest BCUT2D eigenvalue weighted by atomic mass is 79.9. The van der Waals surface area contributed by atoms with Crippen molar-refractivity contribution in [1.82, 2.24) is 5.32 Å². The first kappa shape index (κ1) is 17.1. The average molecular weight is 344 g/mol. The highest BCUT2D eigenvalue weighted by Crippen LogP contribution is 2.28. The summed E-state index contributed by atoms with van der Waals surface area (Å²) in [5.74, 6) is 1.15. The number of benzene rings is 1. The van der Waals surface area contributed by atoms with E-state index < -0.39 is 0 Å². The molecule has 1 atom stereocenters. The predicted molar refractivity (Wildman–Crippen MR) is 91.1 cm³/mol. The molecule has 1 aromatic carbocycles. The number of hydrogen-bond acceptors (Lipinski definition) is 2. The van der Waals surface area contributed by atoms with E-state index in [0.29, 0.717) is 6.04 Å². The van der Waals surface area contributed by atoms with Crippen LogP contribution in [0.15, 0.2) is 33.6 Å². The third-order valence-electron chi connectivity index (χ3n) is 3.34. The molecule has 108 valence electrons. The van der Waals surface area contributed by atoms with Crippen LogP contribution in [0.2, 0.25) is 0 Å². The minimum absolute atomic E-state index is 0.624. The second-order valence-electron chi connectivity index (χ2n) is 4.93. The van der Waals surface area contributed by atoms with E-state index in [4.69, 9.17) is 0 Å². The Morgan fingerprint density at radius 2 is 1.89 bits per heavy atom. The van der Waals surface area contributed by atoms with E-state index in [0.717, 1.165) is 5.75 Å². The Balaban J connectivity index is 2.23. The van der Waals surface area contributed by atoms with E-state index in [9.17, 15) is 0 Å². The van der Waals surface area contributed by atoms with E-state index in [1.54, 1.807) is 0 Å². The largest absolute Gasteiger partial charge is 0.316 e. The van der Waals surface area contributed by atoms with Gasteiger partial charge in [-0.25, -0.2) is 0 Å². The summed E-state index contributed by atoms with van der Waals surface area (Å²) in [5.41, 5.74) is 0. The molecule has 0 aliphatic heterocycles. The lowest BCUT2D eigenvalue weighted by Crippen LogP contribution is -2.27. The van der Waals surface area contributed by atoms with Crippen LogP contribution in [0.4, 0.5) is 0 Å². The molecule has 0 aromatic heterocycles. The molecule has 0 saturated carbocycles. The maximum Gasteiger partial charge on any atom is 0.0311 e. The summed E-state index contributed by atoms with van der Waals surface area (Å²) < 4.78 is 1.21. The van der Waals surface area contributed by atoms with Gasteiger partial charge in [-0.2, -0.15) is 0 Å². The monoisotopic (exact) mass is 343 g/mol. The zero-order valence-corrected chi connectivity index (χ0v) is 14.5. The zero-order valence-electron chi connectivity index (χ0n) is 12.1. The van der Waals surface area contributed by atoms with Gasteiger partial charge in [0, 0.05) is 21.2 Å². The summed E-state index contributed by atoms with van der Waals surface area (Å²) in [4.78, 5) is 1.34. The number of nitrogens with one attached hydrogen (secondary N) is 1. The first-order valence-corrected chi connectivity index (χ1v) is 9.10. The minimum Gasteiger partial charge on any atom is -0.316 e. The maximum atomic E-state index is 3.61. The van der Waals surface area contributed by atoms with Gasteiger partial charge in [0.25, 0.3) is 0 Å². The Hall–Kier alpha value is 0.01000. The highest BCUT2D eigenvalue weighted by Gasteiger charge is 2.07. The molecule has 0 bridgehead atoms. The molecule has 3 heteroatoms. The molecule has 0 amide bonds. The third-order valence-corrected chi connectivity index (χ3v) is 5.53. The van der Waals surface area contributed by atoms with Crippen LogP contribution >= 0.6 is 27.7 Å². The van der Waals surface area contributed by atoms with Gasteiger partial charge in [0.15, 0.2) is 0 Å². The molecule has 0 fully saturated rings. The standard InChI is InChI=1S/C16H26BrNS/c1-3-4-5-6-7-10-14(18-2)13-19-16-12-9-8-11-15(16)17/h8-9,11-12,14,18H,3-7,10,13H2,1-2H3. The molecule has 0 radical (unpaired) electrons. The summed E-state index contributed by atoms with van der Waals surface area (Å²) in [7, 11) is 2.08. The highest BCUT2D eigenvalue weighted by molar-refractivity contribution is 9.10. The van der Waals surface area contributed by atoms with Crippen molar-refractivity contribution in [2.75, 3.05) is 12.8 Å². The van der Waals surface area contributed by atoms with Crippen LogP contribution in [0, 0.1) is 0 Å². The van der Waals surface area contributed by atoms with Crippen LogP contribution < -0.4 is 5.32 Å². The smallest absolute Gasteiger partial charge is 0.0311 e. The quantitative estimate of drug-likeness (QED) is 0.445. The lowest BCUT2D eigenvalue weighted by molar-refractivity contribution is 0.518. The molecule has 1 unspecified atom stereocenters. The summed E-state index contributed by atoms with van der Waals surface area (Å²) in [6, 6.07) is 9.09. The summed E-state index contributed by atoms with van der Waals surface area (Å²) >= 11 is 5.55. The molecule has 0 aliphatic carbocycles. The van der Waals surface area contributed by atoms with Crippen molar-refractivity contribution in [1.29, 1.82) is 0 Å². The van der Waals surface area contributed by atoms with Gasteiger partial charge in [-0.1, -0.05) is 51.2 Å². The van der Waals surface area contributed by atoms with Crippen LogP contribution in [0.5, 0.6) is 0 Å². The molecule has 0 heterocycles. The SMILES string of the molecule is CCCCCCCC(CSc1ccccc1Br)NC. The number of thioether (sulfide) groups is 1. The van der Waals surface area contributed by atoms with E-state index >= 15 is 0 Å². The van der Waals surface area contributed by atoms with Gasteiger partial charge >= 0.3 is 0 Å². The zero-order chi connectivity index (χ0) is 13.9. The summed E-state index contributed by atoms with van der Waals surface area (Å²) in [6.45, 7) is 2.27. The van der Waals surface area contributed by atoms with E-state index in [1.165, 1.54) is 47.9 Å². The second-order valence-corrected chi connectivity index (χ2v) is 6.85. The first-order chi connectivity index (χ1) is 9.27. The maximum absolute atomic E-state index is 3.61. The van der Waals surface area contributed by atoms with Gasteiger partial charge in [-0.3, -0.25) is 0 Å². The third kappa shape index (κ3) is 7.38. The molecular formula is C16H26BrNS. The van der Waals surface area contributed by atoms with Crippen LogP contribution in [0.3, 0.4) is 0 Å². The van der Waals surface area contributed by atoms with Gasteiger partial charge in [0.05, 0.1) is 0 Å². The van der Waals surface area contributed by atoms with Crippen molar-refractivity contribution in [3.63, 3.8) is 0 Å². The molecule has 0 saturated heterocycles. The normalized spacial score (nSPS) is 12.6. The van der Waals surface area contributed by atoms with Crippen molar-refractivity contribution in [3.8, 4) is 0 Å². The summed E-state index contributed by atoms with van der Waals surface area (Å²) in [6.07, 6.45) is 8.12. The second kappa shape index (κ2) is 10.8. The molecule has 1 nitrogen and oxygen atoms in total. The number of rotatable bonds is 10. The van der Waals surface area contributed by atoms with Crippen LogP contribution in [0.25, 0.3) is 0 Å². The Labute approximate surface area is 131 Å². The van der Waals surface area contributed by atoms with Crippen molar-refractivity contribution in [3.05, 3.63) is 28.7 Å².